The average molecular weight is 477 g/mol. The minimum Gasteiger partial charge on any atom is -0.491 e. The number of nitrogens with zero attached hydrogens (tertiary/aromatic N) is 3. The number of amides is 1. The van der Waals surface area contributed by atoms with E-state index in [1.54, 1.807) is 18.7 Å². The number of benzene rings is 3. The maximum absolute atomic E-state index is 12.6. The lowest BCUT2D eigenvalue weighted by atomic mass is 10.1. The zero-order valence-electron chi connectivity index (χ0n) is 20.2. The molecule has 1 atom stereocenters. The van der Waals surface area contributed by atoms with Crippen LogP contribution in [0.25, 0.3) is 16.7 Å². The SMILES string of the molecule is CC(CCc1ccccc1)Oc1ccc(-n2cnc3cc(C(=O)NCc4cccnc4)ccc32)cc1. The molecule has 2 aromatic heterocycles. The Morgan fingerprint density at radius 2 is 1.78 bits per heavy atom. The Bertz CT molecular complexity index is 1430. The predicted molar refractivity (Wildman–Crippen MR) is 141 cm³/mol. The molecule has 0 saturated carbocycles. The summed E-state index contributed by atoms with van der Waals surface area (Å²) in [5, 5.41) is 2.93. The monoisotopic (exact) mass is 476 g/mol. The lowest BCUT2D eigenvalue weighted by Crippen LogP contribution is -2.22. The first-order valence-electron chi connectivity index (χ1n) is 12.1. The standard InChI is InChI=1S/C30H28N4O2/c1-22(9-10-23-6-3-2-4-7-23)36-27-14-12-26(13-15-27)34-21-33-28-18-25(11-16-29(28)34)30(35)32-20-24-8-5-17-31-19-24/h2-8,11-19,21-22H,9-10,20H2,1H3,(H,32,35). The van der Waals surface area contributed by atoms with Crippen molar-refractivity contribution in [3.05, 3.63) is 120 Å². The van der Waals surface area contributed by atoms with Crippen molar-refractivity contribution in [2.24, 2.45) is 0 Å². The van der Waals surface area contributed by atoms with Crippen LogP contribution in [0.15, 0.2) is 104 Å². The fraction of sp³-hybridized carbons (Fsp3) is 0.167. The number of rotatable bonds is 9. The number of carbonyl (C=O) groups is 1. The molecule has 5 aromatic rings. The van der Waals surface area contributed by atoms with Gasteiger partial charge in [0, 0.05) is 30.2 Å². The first-order valence-corrected chi connectivity index (χ1v) is 12.1. The summed E-state index contributed by atoms with van der Waals surface area (Å²) >= 11 is 0. The molecule has 0 saturated heterocycles. The van der Waals surface area contributed by atoms with Gasteiger partial charge in [0.05, 0.1) is 17.1 Å². The van der Waals surface area contributed by atoms with Crippen LogP contribution in [0.3, 0.4) is 0 Å². The molecule has 6 nitrogen and oxygen atoms in total. The van der Waals surface area contributed by atoms with E-state index in [9.17, 15) is 4.79 Å². The van der Waals surface area contributed by atoms with Crippen molar-refractivity contribution in [3.8, 4) is 11.4 Å². The third kappa shape index (κ3) is 5.61. The Morgan fingerprint density at radius 1 is 0.972 bits per heavy atom. The molecule has 0 aliphatic heterocycles. The highest BCUT2D eigenvalue weighted by Gasteiger charge is 2.11. The summed E-state index contributed by atoms with van der Waals surface area (Å²) in [6.07, 6.45) is 7.30. The van der Waals surface area contributed by atoms with E-state index >= 15 is 0 Å². The number of imidazole rings is 1. The summed E-state index contributed by atoms with van der Waals surface area (Å²) in [6.45, 7) is 2.53. The number of aryl methyl sites for hydroxylation is 1. The smallest absolute Gasteiger partial charge is 0.251 e. The average Bonchev–Trinajstić information content (AvgIpc) is 3.35. The van der Waals surface area contributed by atoms with E-state index in [1.165, 1.54) is 5.56 Å². The minimum atomic E-state index is -0.141. The van der Waals surface area contributed by atoms with Crippen molar-refractivity contribution < 1.29 is 9.53 Å². The number of fused-ring (bicyclic) bond motifs is 1. The number of hydrogen-bond acceptors (Lipinski definition) is 4. The second-order valence-corrected chi connectivity index (χ2v) is 8.81. The number of aromatic nitrogens is 3. The number of carbonyl (C=O) groups excluding carboxylic acids is 1. The predicted octanol–water partition coefficient (Wildman–Crippen LogP) is 5.75. The molecule has 180 valence electrons. The van der Waals surface area contributed by atoms with E-state index in [0.29, 0.717) is 12.1 Å². The van der Waals surface area contributed by atoms with Crippen LogP contribution in [0.5, 0.6) is 5.75 Å². The number of pyridine rings is 1. The van der Waals surface area contributed by atoms with Gasteiger partial charge in [-0.15, -0.1) is 0 Å². The lowest BCUT2D eigenvalue weighted by molar-refractivity contribution is 0.0951. The molecule has 0 radical (unpaired) electrons. The third-order valence-electron chi connectivity index (χ3n) is 6.12. The number of nitrogens with one attached hydrogen (secondary N) is 1. The van der Waals surface area contributed by atoms with Gasteiger partial charge in [0.15, 0.2) is 0 Å². The zero-order valence-corrected chi connectivity index (χ0v) is 20.2. The zero-order chi connectivity index (χ0) is 24.7. The maximum Gasteiger partial charge on any atom is 0.251 e. The Hall–Kier alpha value is -4.45. The van der Waals surface area contributed by atoms with Gasteiger partial charge < -0.3 is 10.1 Å². The molecule has 0 aliphatic rings. The van der Waals surface area contributed by atoms with Crippen molar-refractivity contribution >= 4 is 16.9 Å². The van der Waals surface area contributed by atoms with Crippen LogP contribution in [-0.2, 0) is 13.0 Å². The molecule has 0 aliphatic carbocycles. The summed E-state index contributed by atoms with van der Waals surface area (Å²) in [7, 11) is 0. The highest BCUT2D eigenvalue weighted by atomic mass is 16.5. The maximum atomic E-state index is 12.6. The molecule has 0 fully saturated rings. The van der Waals surface area contributed by atoms with Crippen molar-refractivity contribution in [1.82, 2.24) is 19.9 Å². The molecule has 6 heteroatoms. The van der Waals surface area contributed by atoms with E-state index in [2.05, 4.69) is 46.5 Å². The first kappa shape index (κ1) is 23.3. The molecular weight excluding hydrogens is 448 g/mol. The van der Waals surface area contributed by atoms with Crippen LogP contribution in [0, 0.1) is 0 Å². The summed E-state index contributed by atoms with van der Waals surface area (Å²) < 4.78 is 8.13. The summed E-state index contributed by atoms with van der Waals surface area (Å²) in [6, 6.07) is 27.8. The number of hydrogen-bond donors (Lipinski definition) is 1. The second-order valence-electron chi connectivity index (χ2n) is 8.81. The van der Waals surface area contributed by atoms with Crippen LogP contribution in [-0.4, -0.2) is 26.5 Å². The fourth-order valence-corrected chi connectivity index (χ4v) is 4.14. The number of ether oxygens (including phenoxy) is 1. The lowest BCUT2D eigenvalue weighted by Gasteiger charge is -2.15. The molecule has 2 heterocycles. The highest BCUT2D eigenvalue weighted by Crippen LogP contribution is 2.23. The van der Waals surface area contributed by atoms with Gasteiger partial charge >= 0.3 is 0 Å². The summed E-state index contributed by atoms with van der Waals surface area (Å²) in [5.74, 6) is 0.703. The molecule has 3 aromatic carbocycles. The van der Waals surface area contributed by atoms with E-state index < -0.39 is 0 Å². The molecule has 1 N–H and O–H groups in total. The molecular formula is C30H28N4O2. The first-order chi connectivity index (χ1) is 17.7. The van der Waals surface area contributed by atoms with Crippen molar-refractivity contribution in [2.75, 3.05) is 0 Å². The van der Waals surface area contributed by atoms with Crippen LogP contribution in [0.2, 0.25) is 0 Å². The topological polar surface area (TPSA) is 69.0 Å². The molecule has 0 bridgehead atoms. The fourth-order valence-electron chi connectivity index (χ4n) is 4.14. The van der Waals surface area contributed by atoms with Crippen molar-refractivity contribution in [2.45, 2.75) is 32.4 Å². The molecule has 1 unspecified atom stereocenters. The van der Waals surface area contributed by atoms with Gasteiger partial charge in [-0.2, -0.15) is 0 Å². The van der Waals surface area contributed by atoms with Gasteiger partial charge in [0.1, 0.15) is 12.1 Å². The van der Waals surface area contributed by atoms with Gasteiger partial charge in [-0.05, 0) is 79.4 Å². The van der Waals surface area contributed by atoms with Crippen molar-refractivity contribution in [3.63, 3.8) is 0 Å². The Kier molecular flexibility index (Phi) is 7.03. The van der Waals surface area contributed by atoms with E-state index in [-0.39, 0.29) is 12.0 Å². The van der Waals surface area contributed by atoms with Crippen LogP contribution in [0.4, 0.5) is 0 Å². The van der Waals surface area contributed by atoms with E-state index in [0.717, 1.165) is 40.9 Å². The van der Waals surface area contributed by atoms with Gasteiger partial charge in [0.2, 0.25) is 0 Å². The van der Waals surface area contributed by atoms with Gasteiger partial charge in [-0.25, -0.2) is 4.98 Å². The highest BCUT2D eigenvalue weighted by molar-refractivity contribution is 5.97. The Balaban J connectivity index is 1.22. The van der Waals surface area contributed by atoms with Crippen LogP contribution >= 0.6 is 0 Å². The second kappa shape index (κ2) is 10.9. The van der Waals surface area contributed by atoms with Crippen molar-refractivity contribution in [1.29, 1.82) is 0 Å². The van der Waals surface area contributed by atoms with E-state index in [4.69, 9.17) is 4.74 Å². The molecule has 36 heavy (non-hydrogen) atoms. The van der Waals surface area contributed by atoms with Gasteiger partial charge in [-0.3, -0.25) is 14.3 Å². The Labute approximate surface area is 210 Å². The normalized spacial score (nSPS) is 11.8. The summed E-state index contributed by atoms with van der Waals surface area (Å²) in [4.78, 5) is 21.2. The van der Waals surface area contributed by atoms with Gasteiger partial charge in [-0.1, -0.05) is 36.4 Å². The quantitative estimate of drug-likeness (QED) is 0.294. The molecule has 5 rings (SSSR count). The van der Waals surface area contributed by atoms with E-state index in [1.807, 2.05) is 65.2 Å². The minimum absolute atomic E-state index is 0.118. The van der Waals surface area contributed by atoms with Gasteiger partial charge in [0.25, 0.3) is 5.91 Å². The molecule has 1 amide bonds. The largest absolute Gasteiger partial charge is 0.491 e. The molecule has 0 spiro atoms. The summed E-state index contributed by atoms with van der Waals surface area (Å²) in [5.41, 5.74) is 5.53. The van der Waals surface area contributed by atoms with Crippen LogP contribution < -0.4 is 10.1 Å². The third-order valence-corrected chi connectivity index (χ3v) is 6.12. The van der Waals surface area contributed by atoms with Crippen LogP contribution in [0.1, 0.15) is 34.8 Å². The Morgan fingerprint density at radius 3 is 2.56 bits per heavy atom.